The molecule has 7 heterocycles. The Morgan fingerprint density at radius 2 is 0.500 bits per heavy atom. The number of aromatic nitrogens is 6. The van der Waals surface area contributed by atoms with Gasteiger partial charge in [-0.3, -0.25) is 0 Å². The van der Waals surface area contributed by atoms with Crippen LogP contribution < -0.4 is 0 Å². The van der Waals surface area contributed by atoms with Crippen LogP contribution in [0.25, 0.3) is 217 Å². The standard InChI is InChI=1S/C23H15NS.5C22H19N/c1-24-18-12-6-4-10-16(18)20-21-17-11-5-7-13-19(17)25-23(21)15-9-3-2-8-14(15)22(20)24;1-22(2)17-10-6-4-9-16(17)20-18(22)13-12-15-14-8-5-7-11-19(14)23(3)21(15)20;1-22(2)18-10-6-4-8-14(18)16-13-21-17(12-19(16)22)15-9-5-7-11-20(15)23(21)3;1-22(2)18-10-6-4-8-14(18)16-12-17-15-9-5-7-11-20(15)23(3)21(17)13-19(16)22;1-22(2)17-10-6-4-8-14(17)15-12-13-19-20(21(15)22)16-9-5-7-11-18(16)23(19)3;1-22(2)16-10-6-4-8-14(16)20-17(22)12-13-19-21(20)15-9-5-7-11-18(15)23(19)3/h2-13H,1H3;5*4-13H,1-3H3. The second-order valence-electron chi connectivity index (χ2n) is 42.4. The van der Waals surface area contributed by atoms with E-state index in [4.69, 9.17) is 0 Å². The van der Waals surface area contributed by atoms with Gasteiger partial charge in [0.05, 0.1) is 11.0 Å². The molecular weight excluding hydrogens is 1710 g/mol. The summed E-state index contributed by atoms with van der Waals surface area (Å²) < 4.78 is 16.8. The van der Waals surface area contributed by atoms with Crippen molar-refractivity contribution in [3.8, 4) is 55.6 Å². The predicted molar refractivity (Wildman–Crippen MR) is 601 cm³/mol. The minimum absolute atomic E-state index is 0.0373. The first-order valence-electron chi connectivity index (χ1n) is 49.6. The molecule has 0 saturated carbocycles. The zero-order valence-electron chi connectivity index (χ0n) is 82.4. The average molecular weight is 1820 g/mol. The molecule has 0 bridgehead atoms. The minimum Gasteiger partial charge on any atom is -0.344 e. The van der Waals surface area contributed by atoms with Crippen LogP contribution in [-0.2, 0) is 69.4 Å². The number of nitrogens with zero attached hydrogens (tertiary/aromatic N) is 6. The van der Waals surface area contributed by atoms with Crippen LogP contribution in [0.3, 0.4) is 0 Å². The van der Waals surface area contributed by atoms with Gasteiger partial charge in [0, 0.05) is 226 Å². The maximum atomic E-state index is 2.42. The smallest absolute Gasteiger partial charge is 0.0575 e. The molecule has 0 radical (unpaired) electrons. The molecule has 0 aliphatic heterocycles. The SMILES string of the molecule is Cn1c2ccccc2c2c3c(ccc21)-c1ccccc1C3(C)C.Cn1c2ccccc2c2c3c(ccc21)C(C)(C)c1ccccc1-3.Cn1c2ccccc2c2c3c4ccccc4sc3c3ccccc3c21.Cn1c2ccccc2c2cc3c(cc21)-c1ccccc1C3(C)C.Cn1c2ccccc2c2cc3c(cc21)C(C)(C)c1ccccc1-3.Cn1c2ccccc2c2ccc3c(c21)-c1ccccc1C3(C)C. The normalized spacial score (nSPS) is 14.6. The van der Waals surface area contributed by atoms with Gasteiger partial charge in [0.25, 0.3) is 0 Å². The molecule has 6 nitrogen and oxygen atoms in total. The summed E-state index contributed by atoms with van der Waals surface area (Å²) in [6, 6.07) is 138. The Bertz CT molecular complexity index is 9770. The Kier molecular flexibility index (Phi) is 18.6. The van der Waals surface area contributed by atoms with Crippen LogP contribution in [0.4, 0.5) is 0 Å². The van der Waals surface area contributed by atoms with Crippen LogP contribution in [0, 0.1) is 0 Å². The van der Waals surface area contributed by atoms with Crippen molar-refractivity contribution < 1.29 is 0 Å². The molecular formula is C133H110N6S. The maximum Gasteiger partial charge on any atom is 0.0575 e. The van der Waals surface area contributed by atoms with Gasteiger partial charge >= 0.3 is 0 Å². The van der Waals surface area contributed by atoms with Crippen LogP contribution in [0.15, 0.2) is 376 Å². The fourth-order valence-electron chi connectivity index (χ4n) is 26.5. The van der Waals surface area contributed by atoms with Gasteiger partial charge in [-0.25, -0.2) is 0 Å². The van der Waals surface area contributed by atoms with Crippen molar-refractivity contribution in [1.82, 2.24) is 27.4 Å². The molecule has 0 saturated heterocycles. The molecule has 0 atom stereocenters. The van der Waals surface area contributed by atoms with E-state index < -0.39 is 0 Å². The molecule has 140 heavy (non-hydrogen) atoms. The molecule has 678 valence electrons. The van der Waals surface area contributed by atoms with E-state index in [-0.39, 0.29) is 27.1 Å². The van der Waals surface area contributed by atoms with E-state index in [1.165, 1.54) is 273 Å². The molecule has 7 aromatic heterocycles. The first-order valence-corrected chi connectivity index (χ1v) is 50.4. The van der Waals surface area contributed by atoms with Crippen molar-refractivity contribution in [2.45, 2.75) is 96.3 Å². The lowest BCUT2D eigenvalue weighted by Gasteiger charge is -2.22. The second kappa shape index (κ2) is 30.7. The number of hydrogen-bond donors (Lipinski definition) is 0. The predicted octanol–water partition coefficient (Wildman–Crippen LogP) is 35.0. The van der Waals surface area contributed by atoms with Gasteiger partial charge in [-0.05, 0) is 185 Å². The summed E-state index contributed by atoms with van der Waals surface area (Å²) in [7, 11) is 13.1. The Balaban J connectivity index is 0.0000000865. The van der Waals surface area contributed by atoms with Gasteiger partial charge in [0.2, 0.25) is 0 Å². The van der Waals surface area contributed by atoms with Crippen molar-refractivity contribution in [2.75, 3.05) is 0 Å². The van der Waals surface area contributed by atoms with E-state index in [1.54, 1.807) is 0 Å². The molecule has 31 rings (SSSR count). The number of thiophene rings is 1. The molecule has 0 amide bonds. The van der Waals surface area contributed by atoms with Crippen molar-refractivity contribution in [3.05, 3.63) is 432 Å². The minimum atomic E-state index is 0.0373. The van der Waals surface area contributed by atoms with Gasteiger partial charge in [0.15, 0.2) is 0 Å². The Morgan fingerprint density at radius 1 is 0.171 bits per heavy atom. The van der Waals surface area contributed by atoms with Crippen LogP contribution in [0.5, 0.6) is 0 Å². The van der Waals surface area contributed by atoms with E-state index in [0.29, 0.717) is 0 Å². The number of rotatable bonds is 0. The lowest BCUT2D eigenvalue weighted by atomic mass is 9.80. The third-order valence-corrected chi connectivity index (χ3v) is 34.6. The maximum absolute atomic E-state index is 2.42. The van der Waals surface area contributed by atoms with Crippen LogP contribution in [0.1, 0.15) is 125 Å². The highest BCUT2D eigenvalue weighted by atomic mass is 32.1. The van der Waals surface area contributed by atoms with Crippen molar-refractivity contribution in [2.24, 2.45) is 42.3 Å². The summed E-state index contributed by atoms with van der Waals surface area (Å²) in [5.41, 5.74) is 44.6. The Labute approximate surface area is 820 Å². The van der Waals surface area contributed by atoms with Gasteiger partial charge in [-0.2, -0.15) is 0 Å². The highest BCUT2D eigenvalue weighted by Gasteiger charge is 2.43. The number of aryl methyl sites for hydroxylation is 6. The van der Waals surface area contributed by atoms with Gasteiger partial charge < -0.3 is 27.4 Å². The number of hydrogen-bond acceptors (Lipinski definition) is 1. The monoisotopic (exact) mass is 1820 g/mol. The Morgan fingerprint density at radius 3 is 1.05 bits per heavy atom. The third kappa shape index (κ3) is 11.8. The largest absolute Gasteiger partial charge is 0.344 e. The topological polar surface area (TPSA) is 29.6 Å². The molecule has 26 aromatic rings. The highest BCUT2D eigenvalue weighted by Crippen LogP contribution is 2.59. The zero-order chi connectivity index (χ0) is 95.4. The van der Waals surface area contributed by atoms with Gasteiger partial charge in [0.1, 0.15) is 0 Å². The molecule has 5 aliphatic rings. The molecule has 5 aliphatic carbocycles. The number of fused-ring (bicyclic) bond motifs is 43. The van der Waals surface area contributed by atoms with E-state index in [2.05, 4.69) is 515 Å². The summed E-state index contributed by atoms with van der Waals surface area (Å²) in [4.78, 5) is 0. The van der Waals surface area contributed by atoms with Crippen molar-refractivity contribution in [1.29, 1.82) is 0 Å². The van der Waals surface area contributed by atoms with E-state index >= 15 is 0 Å². The fraction of sp³-hybridized carbons (Fsp3) is 0.158. The molecule has 19 aromatic carbocycles. The molecule has 0 spiro atoms. The van der Waals surface area contributed by atoms with E-state index in [0.717, 1.165) is 0 Å². The van der Waals surface area contributed by atoms with Gasteiger partial charge in [-0.1, -0.05) is 366 Å². The van der Waals surface area contributed by atoms with Crippen LogP contribution >= 0.6 is 11.3 Å². The quantitative estimate of drug-likeness (QED) is 0.145. The molecule has 0 unspecified atom stereocenters. The first-order chi connectivity index (χ1) is 67.8. The van der Waals surface area contributed by atoms with Crippen LogP contribution in [0.2, 0.25) is 0 Å². The fourth-order valence-corrected chi connectivity index (χ4v) is 27.7. The average Bonchev–Trinajstić information content (AvgIpc) is 1.53. The lowest BCUT2D eigenvalue weighted by molar-refractivity contribution is 0.660. The van der Waals surface area contributed by atoms with E-state index in [9.17, 15) is 0 Å². The van der Waals surface area contributed by atoms with E-state index in [1.807, 2.05) is 11.3 Å². The summed E-state index contributed by atoms with van der Waals surface area (Å²) >= 11 is 1.91. The zero-order valence-corrected chi connectivity index (χ0v) is 83.2. The van der Waals surface area contributed by atoms with Gasteiger partial charge in [-0.15, -0.1) is 11.3 Å². The second-order valence-corrected chi connectivity index (χ2v) is 43.4. The first kappa shape index (κ1) is 84.9. The molecule has 0 fully saturated rings. The molecule has 0 N–H and O–H groups in total. The lowest BCUT2D eigenvalue weighted by Crippen LogP contribution is -2.15. The molecule has 7 heteroatoms. The Hall–Kier alpha value is -15.5. The van der Waals surface area contributed by atoms with Crippen molar-refractivity contribution >= 4 is 173 Å². The number of benzene rings is 19. The summed E-state index contributed by atoms with van der Waals surface area (Å²) in [6.07, 6.45) is 0. The third-order valence-electron chi connectivity index (χ3n) is 33.4. The summed E-state index contributed by atoms with van der Waals surface area (Å²) in [5.74, 6) is 0. The summed E-state index contributed by atoms with van der Waals surface area (Å²) in [5, 5.41) is 21.9. The summed E-state index contributed by atoms with van der Waals surface area (Å²) in [6.45, 7) is 23.4. The van der Waals surface area contributed by atoms with Crippen LogP contribution in [-0.4, -0.2) is 27.4 Å². The van der Waals surface area contributed by atoms with Crippen molar-refractivity contribution in [3.63, 3.8) is 0 Å². The number of para-hydroxylation sites is 6. The highest BCUT2D eigenvalue weighted by molar-refractivity contribution is 7.27.